The molecule has 8 heteroatoms. The molecule has 0 aliphatic carbocycles. The van der Waals surface area contributed by atoms with Gasteiger partial charge in [-0.05, 0) is 25.1 Å². The highest BCUT2D eigenvalue weighted by molar-refractivity contribution is 7.99. The molecule has 0 unspecified atom stereocenters. The third kappa shape index (κ3) is 3.34. The van der Waals surface area contributed by atoms with Gasteiger partial charge in [-0.3, -0.25) is 10.1 Å². The van der Waals surface area contributed by atoms with Crippen molar-refractivity contribution in [1.29, 1.82) is 0 Å². The van der Waals surface area contributed by atoms with Crippen LogP contribution in [-0.2, 0) is 0 Å². The maximum Gasteiger partial charge on any atom is 0.335 e. The van der Waals surface area contributed by atoms with Gasteiger partial charge >= 0.3 is 5.97 Å². The van der Waals surface area contributed by atoms with Crippen molar-refractivity contribution in [3.8, 4) is 0 Å². The van der Waals surface area contributed by atoms with Gasteiger partial charge in [0.1, 0.15) is 10.8 Å². The van der Waals surface area contributed by atoms with Crippen LogP contribution in [0.3, 0.4) is 0 Å². The highest BCUT2D eigenvalue weighted by atomic mass is 32.2. The molecule has 108 valence electrons. The summed E-state index contributed by atoms with van der Waals surface area (Å²) in [5.41, 5.74) is 0.201. The predicted octanol–water partition coefficient (Wildman–Crippen LogP) is 3.29. The molecule has 0 aliphatic rings. The van der Waals surface area contributed by atoms with Crippen molar-refractivity contribution < 1.29 is 19.2 Å². The van der Waals surface area contributed by atoms with E-state index in [2.05, 4.69) is 4.98 Å². The number of pyridine rings is 1. The van der Waals surface area contributed by atoms with Crippen molar-refractivity contribution in [2.45, 2.75) is 16.8 Å². The van der Waals surface area contributed by atoms with E-state index in [0.29, 0.717) is 5.56 Å². The first-order chi connectivity index (χ1) is 9.88. The Labute approximate surface area is 122 Å². The van der Waals surface area contributed by atoms with Crippen molar-refractivity contribution in [1.82, 2.24) is 4.98 Å². The minimum Gasteiger partial charge on any atom is -0.478 e. The number of nitrogens with zero attached hydrogens (tertiary/aromatic N) is 2. The van der Waals surface area contributed by atoms with Gasteiger partial charge < -0.3 is 5.11 Å². The van der Waals surface area contributed by atoms with E-state index >= 15 is 0 Å². The lowest BCUT2D eigenvalue weighted by molar-refractivity contribution is -0.385. The number of halogens is 1. The Morgan fingerprint density at radius 2 is 2.14 bits per heavy atom. The van der Waals surface area contributed by atoms with Crippen LogP contribution in [0, 0.1) is 22.9 Å². The van der Waals surface area contributed by atoms with Crippen LogP contribution in [0.2, 0.25) is 0 Å². The SMILES string of the molecule is Cc1cnc(Sc2cc(C(=O)O)ccc2F)cc1[N+](=O)[O-]. The number of aromatic carboxylic acids is 1. The molecule has 21 heavy (non-hydrogen) atoms. The summed E-state index contributed by atoms with van der Waals surface area (Å²) >= 11 is 0.832. The summed E-state index contributed by atoms with van der Waals surface area (Å²) in [6.07, 6.45) is 1.32. The fraction of sp³-hybridized carbons (Fsp3) is 0.0769. The molecule has 0 fully saturated rings. The van der Waals surface area contributed by atoms with Crippen LogP contribution in [0.25, 0.3) is 0 Å². The molecule has 0 saturated carbocycles. The van der Waals surface area contributed by atoms with Gasteiger partial charge in [0, 0.05) is 17.8 Å². The Hall–Kier alpha value is -2.48. The van der Waals surface area contributed by atoms with Crippen LogP contribution in [0.15, 0.2) is 40.4 Å². The number of aryl methyl sites for hydroxylation is 1. The van der Waals surface area contributed by atoms with Crippen LogP contribution in [-0.4, -0.2) is 21.0 Å². The Kier molecular flexibility index (Phi) is 4.18. The van der Waals surface area contributed by atoms with Gasteiger partial charge in [-0.1, -0.05) is 11.8 Å². The summed E-state index contributed by atoms with van der Waals surface area (Å²) in [6.45, 7) is 1.55. The fourth-order valence-corrected chi connectivity index (χ4v) is 2.43. The molecular weight excluding hydrogens is 299 g/mol. The molecule has 1 aromatic heterocycles. The van der Waals surface area contributed by atoms with Crippen LogP contribution >= 0.6 is 11.8 Å². The second kappa shape index (κ2) is 5.88. The van der Waals surface area contributed by atoms with Gasteiger partial charge in [0.2, 0.25) is 0 Å². The lowest BCUT2D eigenvalue weighted by Crippen LogP contribution is -1.97. The Bertz CT molecular complexity index is 736. The number of benzene rings is 1. The number of hydrogen-bond acceptors (Lipinski definition) is 5. The summed E-state index contributed by atoms with van der Waals surface area (Å²) in [6, 6.07) is 4.57. The number of hydrogen-bond donors (Lipinski definition) is 1. The molecule has 0 aliphatic heterocycles. The van der Waals surface area contributed by atoms with Crippen molar-refractivity contribution >= 4 is 23.4 Å². The van der Waals surface area contributed by atoms with Crippen LogP contribution < -0.4 is 0 Å². The van der Waals surface area contributed by atoms with Gasteiger partial charge in [0.05, 0.1) is 15.4 Å². The molecule has 0 radical (unpaired) electrons. The van der Waals surface area contributed by atoms with Crippen molar-refractivity contribution in [3.63, 3.8) is 0 Å². The second-order valence-corrected chi connectivity index (χ2v) is 5.18. The molecule has 1 aromatic carbocycles. The van der Waals surface area contributed by atoms with Crippen molar-refractivity contribution in [2.75, 3.05) is 0 Å². The highest BCUT2D eigenvalue weighted by Crippen LogP contribution is 2.32. The van der Waals surface area contributed by atoms with E-state index in [1.165, 1.54) is 12.3 Å². The van der Waals surface area contributed by atoms with Gasteiger partial charge in [0.25, 0.3) is 5.69 Å². The first-order valence-corrected chi connectivity index (χ1v) is 6.52. The Balaban J connectivity index is 2.38. The topological polar surface area (TPSA) is 93.3 Å². The van der Waals surface area contributed by atoms with E-state index in [9.17, 15) is 19.3 Å². The largest absolute Gasteiger partial charge is 0.478 e. The fourth-order valence-electron chi connectivity index (χ4n) is 1.57. The molecule has 6 nitrogen and oxygen atoms in total. The van der Waals surface area contributed by atoms with Gasteiger partial charge in [-0.25, -0.2) is 14.2 Å². The van der Waals surface area contributed by atoms with Crippen LogP contribution in [0.4, 0.5) is 10.1 Å². The molecule has 2 aromatic rings. The number of carboxylic acids is 1. The third-order valence-corrected chi connectivity index (χ3v) is 3.60. The summed E-state index contributed by atoms with van der Waals surface area (Å²) in [5, 5.41) is 20.0. The first kappa shape index (κ1) is 14.9. The summed E-state index contributed by atoms with van der Waals surface area (Å²) in [4.78, 5) is 25.2. The quantitative estimate of drug-likeness (QED) is 0.688. The molecule has 1 heterocycles. The van der Waals surface area contributed by atoms with Gasteiger partial charge in [-0.15, -0.1) is 0 Å². The predicted molar refractivity (Wildman–Crippen MR) is 73.1 cm³/mol. The second-order valence-electron chi connectivity index (χ2n) is 4.12. The zero-order valence-electron chi connectivity index (χ0n) is 10.7. The number of aromatic nitrogens is 1. The number of carboxylic acid groups (broad SMARTS) is 1. The van der Waals surface area contributed by atoms with Crippen molar-refractivity contribution in [3.05, 3.63) is 57.5 Å². The number of rotatable bonds is 4. The molecule has 0 saturated heterocycles. The minimum absolute atomic E-state index is 0.0422. The van der Waals surface area contributed by atoms with Gasteiger partial charge in [0.15, 0.2) is 0 Å². The molecular formula is C13H9FN2O4S. The molecule has 0 atom stereocenters. The Morgan fingerprint density at radius 3 is 2.76 bits per heavy atom. The maximum absolute atomic E-state index is 13.7. The molecule has 2 rings (SSSR count). The first-order valence-electron chi connectivity index (χ1n) is 5.70. The zero-order valence-corrected chi connectivity index (χ0v) is 11.6. The minimum atomic E-state index is -1.18. The number of carbonyl (C=O) groups is 1. The Morgan fingerprint density at radius 1 is 1.43 bits per heavy atom. The standard InChI is InChI=1S/C13H9FN2O4S/c1-7-6-15-12(5-10(7)16(19)20)21-11-4-8(13(17)18)2-3-9(11)14/h2-6H,1H3,(H,17,18). The highest BCUT2D eigenvalue weighted by Gasteiger charge is 2.15. The molecule has 0 amide bonds. The normalized spacial score (nSPS) is 10.4. The molecule has 1 N–H and O–H groups in total. The van der Waals surface area contributed by atoms with Crippen LogP contribution in [0.5, 0.6) is 0 Å². The number of nitro groups is 1. The summed E-state index contributed by atoms with van der Waals surface area (Å²) in [7, 11) is 0. The van der Waals surface area contributed by atoms with Gasteiger partial charge in [-0.2, -0.15) is 0 Å². The molecule has 0 bridgehead atoms. The molecule has 0 spiro atoms. The average Bonchev–Trinajstić information content (AvgIpc) is 2.42. The summed E-state index contributed by atoms with van der Waals surface area (Å²) < 4.78 is 13.7. The lowest BCUT2D eigenvalue weighted by atomic mass is 10.2. The van der Waals surface area contributed by atoms with E-state index in [0.717, 1.165) is 30.0 Å². The monoisotopic (exact) mass is 308 g/mol. The third-order valence-electron chi connectivity index (χ3n) is 2.64. The van der Waals surface area contributed by atoms with E-state index in [1.807, 2.05) is 0 Å². The van der Waals surface area contributed by atoms with Crippen LogP contribution in [0.1, 0.15) is 15.9 Å². The average molecular weight is 308 g/mol. The van der Waals surface area contributed by atoms with E-state index in [4.69, 9.17) is 5.11 Å². The van der Waals surface area contributed by atoms with E-state index < -0.39 is 16.7 Å². The lowest BCUT2D eigenvalue weighted by Gasteiger charge is -2.05. The maximum atomic E-state index is 13.7. The smallest absolute Gasteiger partial charge is 0.335 e. The van der Waals surface area contributed by atoms with E-state index in [1.54, 1.807) is 6.92 Å². The van der Waals surface area contributed by atoms with E-state index in [-0.39, 0.29) is 21.2 Å². The van der Waals surface area contributed by atoms with Crippen molar-refractivity contribution in [2.24, 2.45) is 0 Å². The zero-order chi connectivity index (χ0) is 15.6. The summed E-state index contributed by atoms with van der Waals surface area (Å²) in [5.74, 6) is -1.80.